The van der Waals surface area contributed by atoms with Crippen molar-refractivity contribution in [3.8, 4) is 0 Å². The third-order valence-corrected chi connectivity index (χ3v) is 5.70. The van der Waals surface area contributed by atoms with Crippen LogP contribution < -0.4 is 5.32 Å². The van der Waals surface area contributed by atoms with Gasteiger partial charge in [-0.1, -0.05) is 25.3 Å². The van der Waals surface area contributed by atoms with Gasteiger partial charge >= 0.3 is 0 Å². The van der Waals surface area contributed by atoms with E-state index in [1.165, 1.54) is 19.3 Å². The van der Waals surface area contributed by atoms with E-state index >= 15 is 0 Å². The van der Waals surface area contributed by atoms with Gasteiger partial charge in [-0.3, -0.25) is 14.5 Å². The smallest absolute Gasteiger partial charge is 0.253 e. The highest BCUT2D eigenvalue weighted by Gasteiger charge is 2.25. The summed E-state index contributed by atoms with van der Waals surface area (Å²) in [6.45, 7) is 5.89. The standard InChI is InChI=1S/C22H33N3O3/c1-16-13-25(14-17(2)28-16)15-21(26)23-19-9-7-8-18(12-19)22(27)24(3)20-10-5-4-6-11-20/h7-9,12,16-17,20H,4-6,10-11,13-15H2,1-3H3,(H,23,26)/t16-,17-/m1/s1. The Balaban J connectivity index is 1.58. The first-order valence-corrected chi connectivity index (χ1v) is 10.5. The molecule has 0 spiro atoms. The Labute approximate surface area is 168 Å². The number of amides is 2. The first-order valence-electron chi connectivity index (χ1n) is 10.5. The van der Waals surface area contributed by atoms with Gasteiger partial charge in [-0.25, -0.2) is 0 Å². The van der Waals surface area contributed by atoms with E-state index in [1.54, 1.807) is 6.07 Å². The molecule has 1 aliphatic carbocycles. The van der Waals surface area contributed by atoms with E-state index in [2.05, 4.69) is 10.2 Å². The molecule has 1 N–H and O–H groups in total. The van der Waals surface area contributed by atoms with Gasteiger partial charge in [-0.2, -0.15) is 0 Å². The van der Waals surface area contributed by atoms with Crippen LogP contribution in [0.5, 0.6) is 0 Å². The molecule has 1 aliphatic heterocycles. The van der Waals surface area contributed by atoms with Gasteiger partial charge in [0.15, 0.2) is 0 Å². The molecule has 6 nitrogen and oxygen atoms in total. The molecule has 1 heterocycles. The first-order chi connectivity index (χ1) is 13.4. The molecular weight excluding hydrogens is 354 g/mol. The lowest BCUT2D eigenvalue weighted by Gasteiger charge is -2.34. The summed E-state index contributed by atoms with van der Waals surface area (Å²) < 4.78 is 5.72. The van der Waals surface area contributed by atoms with Crippen molar-refractivity contribution in [2.75, 3.05) is 32.0 Å². The monoisotopic (exact) mass is 387 g/mol. The van der Waals surface area contributed by atoms with Gasteiger partial charge in [-0.15, -0.1) is 0 Å². The number of ether oxygens (including phenoxy) is 1. The Morgan fingerprint density at radius 3 is 2.50 bits per heavy atom. The molecule has 3 rings (SSSR count). The minimum atomic E-state index is -0.0634. The van der Waals surface area contributed by atoms with Crippen LogP contribution in [0.25, 0.3) is 0 Å². The second kappa shape index (κ2) is 9.52. The summed E-state index contributed by atoms with van der Waals surface area (Å²) >= 11 is 0. The van der Waals surface area contributed by atoms with E-state index in [9.17, 15) is 9.59 Å². The number of nitrogens with zero attached hydrogens (tertiary/aromatic N) is 2. The van der Waals surface area contributed by atoms with Crippen molar-refractivity contribution in [1.29, 1.82) is 0 Å². The fraction of sp³-hybridized carbons (Fsp3) is 0.636. The number of morpholine rings is 1. The minimum Gasteiger partial charge on any atom is -0.373 e. The molecule has 2 atom stereocenters. The molecule has 1 aromatic rings. The number of nitrogens with one attached hydrogen (secondary N) is 1. The van der Waals surface area contributed by atoms with Crippen LogP contribution in [0.4, 0.5) is 5.69 Å². The van der Waals surface area contributed by atoms with Gasteiger partial charge in [0.2, 0.25) is 5.91 Å². The maximum absolute atomic E-state index is 12.9. The average Bonchev–Trinajstić information content (AvgIpc) is 2.66. The number of hydrogen-bond donors (Lipinski definition) is 1. The third-order valence-electron chi connectivity index (χ3n) is 5.70. The van der Waals surface area contributed by atoms with Crippen LogP contribution in [0.2, 0.25) is 0 Å². The van der Waals surface area contributed by atoms with E-state index in [0.29, 0.717) is 23.8 Å². The van der Waals surface area contributed by atoms with Gasteiger partial charge < -0.3 is 15.0 Å². The van der Waals surface area contributed by atoms with E-state index in [4.69, 9.17) is 4.74 Å². The molecule has 0 unspecified atom stereocenters. The van der Waals surface area contributed by atoms with Gasteiger partial charge in [0.1, 0.15) is 0 Å². The topological polar surface area (TPSA) is 61.9 Å². The molecule has 2 fully saturated rings. The maximum Gasteiger partial charge on any atom is 0.253 e. The zero-order chi connectivity index (χ0) is 20.1. The Morgan fingerprint density at radius 1 is 1.14 bits per heavy atom. The Bertz CT molecular complexity index is 677. The SMILES string of the molecule is C[C@@H]1CN(CC(=O)Nc2cccc(C(=O)N(C)C3CCCCC3)c2)C[C@@H](C)O1. The van der Waals surface area contributed by atoms with Crippen molar-refractivity contribution in [2.45, 2.75) is 64.2 Å². The molecular formula is C22H33N3O3. The maximum atomic E-state index is 12.9. The van der Waals surface area contributed by atoms with Gasteiger partial charge in [-0.05, 0) is 44.9 Å². The molecule has 1 aromatic carbocycles. The van der Waals surface area contributed by atoms with Crippen LogP contribution in [0.3, 0.4) is 0 Å². The van der Waals surface area contributed by atoms with Crippen molar-refractivity contribution >= 4 is 17.5 Å². The van der Waals surface area contributed by atoms with E-state index in [1.807, 2.05) is 44.0 Å². The number of carbonyl (C=O) groups excluding carboxylic acids is 2. The molecule has 0 aromatic heterocycles. The van der Waals surface area contributed by atoms with Crippen LogP contribution in [-0.4, -0.2) is 66.5 Å². The molecule has 0 radical (unpaired) electrons. The predicted octanol–water partition coefficient (Wildman–Crippen LogP) is 3.14. The molecule has 1 saturated heterocycles. The first kappa shape index (κ1) is 20.8. The van der Waals surface area contributed by atoms with Gasteiger partial charge in [0.25, 0.3) is 5.91 Å². The van der Waals surface area contributed by atoms with Crippen molar-refractivity contribution < 1.29 is 14.3 Å². The third kappa shape index (κ3) is 5.55. The van der Waals surface area contributed by atoms with Gasteiger partial charge in [0, 0.05) is 37.4 Å². The predicted molar refractivity (Wildman–Crippen MR) is 110 cm³/mol. The summed E-state index contributed by atoms with van der Waals surface area (Å²) in [4.78, 5) is 29.3. The molecule has 6 heteroatoms. The summed E-state index contributed by atoms with van der Waals surface area (Å²) in [6.07, 6.45) is 6.07. The van der Waals surface area contributed by atoms with E-state index < -0.39 is 0 Å². The van der Waals surface area contributed by atoms with Gasteiger partial charge in [0.05, 0.1) is 18.8 Å². The Kier molecular flexibility index (Phi) is 7.08. The summed E-state index contributed by atoms with van der Waals surface area (Å²) in [5, 5.41) is 2.94. The number of anilines is 1. The van der Waals surface area contributed by atoms with E-state index in [0.717, 1.165) is 25.9 Å². The molecule has 2 amide bonds. The van der Waals surface area contributed by atoms with E-state index in [-0.39, 0.29) is 24.0 Å². The summed E-state index contributed by atoms with van der Waals surface area (Å²) in [5.74, 6) is -0.0367. The van der Waals surface area contributed by atoms with Crippen LogP contribution in [0.15, 0.2) is 24.3 Å². The van der Waals surface area contributed by atoms with Crippen LogP contribution >= 0.6 is 0 Å². The lowest BCUT2D eigenvalue weighted by Crippen LogP contribution is -2.48. The zero-order valence-corrected chi connectivity index (χ0v) is 17.3. The fourth-order valence-electron chi connectivity index (χ4n) is 4.38. The quantitative estimate of drug-likeness (QED) is 0.843. The average molecular weight is 388 g/mol. The second-order valence-electron chi connectivity index (χ2n) is 8.29. The second-order valence-corrected chi connectivity index (χ2v) is 8.29. The van der Waals surface area contributed by atoms with Crippen LogP contribution in [-0.2, 0) is 9.53 Å². The van der Waals surface area contributed by atoms with Crippen molar-refractivity contribution in [2.24, 2.45) is 0 Å². The normalized spacial score (nSPS) is 24.0. The van der Waals surface area contributed by atoms with Crippen molar-refractivity contribution in [3.63, 3.8) is 0 Å². The zero-order valence-electron chi connectivity index (χ0n) is 17.3. The molecule has 0 bridgehead atoms. The summed E-state index contributed by atoms with van der Waals surface area (Å²) in [7, 11) is 1.89. The van der Waals surface area contributed by atoms with Crippen LogP contribution in [0, 0.1) is 0 Å². The number of benzene rings is 1. The number of carbonyl (C=O) groups is 2. The van der Waals surface area contributed by atoms with Crippen LogP contribution in [0.1, 0.15) is 56.3 Å². The summed E-state index contributed by atoms with van der Waals surface area (Å²) in [6, 6.07) is 7.59. The fourth-order valence-corrected chi connectivity index (χ4v) is 4.38. The van der Waals surface area contributed by atoms with Crippen molar-refractivity contribution in [3.05, 3.63) is 29.8 Å². The highest BCUT2D eigenvalue weighted by molar-refractivity contribution is 5.97. The highest BCUT2D eigenvalue weighted by atomic mass is 16.5. The summed E-state index contributed by atoms with van der Waals surface area (Å²) in [5.41, 5.74) is 1.29. The lowest BCUT2D eigenvalue weighted by molar-refractivity contribution is -0.121. The van der Waals surface area contributed by atoms with Crippen molar-refractivity contribution in [1.82, 2.24) is 9.80 Å². The molecule has 154 valence electrons. The number of rotatable bonds is 5. The Morgan fingerprint density at radius 2 is 1.82 bits per heavy atom. The minimum absolute atomic E-state index is 0.0267. The number of hydrogen-bond acceptors (Lipinski definition) is 4. The lowest BCUT2D eigenvalue weighted by atomic mass is 9.94. The Hall–Kier alpha value is -1.92. The largest absolute Gasteiger partial charge is 0.373 e. The highest BCUT2D eigenvalue weighted by Crippen LogP contribution is 2.23. The molecule has 28 heavy (non-hydrogen) atoms. The molecule has 1 saturated carbocycles. The molecule has 2 aliphatic rings.